The number of nitrogens with one attached hydrogen (secondary N) is 1. The van der Waals surface area contributed by atoms with Crippen LogP contribution in [-0.4, -0.2) is 6.54 Å². The van der Waals surface area contributed by atoms with E-state index in [4.69, 9.17) is 5.26 Å². The fraction of sp³-hybridized carbons (Fsp3) is 0.100. The summed E-state index contributed by atoms with van der Waals surface area (Å²) in [6, 6.07) is 6.00. The summed E-state index contributed by atoms with van der Waals surface area (Å²) >= 11 is 0. The van der Waals surface area contributed by atoms with E-state index in [2.05, 4.69) is 11.9 Å². The van der Waals surface area contributed by atoms with Crippen molar-refractivity contribution in [3.63, 3.8) is 0 Å². The molecule has 13 heavy (non-hydrogen) atoms. The van der Waals surface area contributed by atoms with Gasteiger partial charge in [-0.1, -0.05) is 6.08 Å². The molecule has 1 N–H and O–H groups in total. The van der Waals surface area contributed by atoms with Gasteiger partial charge in [-0.25, -0.2) is 4.39 Å². The maximum Gasteiger partial charge on any atom is 0.126 e. The number of nitrogens with zero attached hydrogens (tertiary/aromatic N) is 1. The van der Waals surface area contributed by atoms with Crippen LogP contribution in [0.1, 0.15) is 5.56 Å². The van der Waals surface area contributed by atoms with E-state index in [0.29, 0.717) is 17.8 Å². The van der Waals surface area contributed by atoms with E-state index < -0.39 is 5.82 Å². The average molecular weight is 176 g/mol. The Balaban J connectivity index is 2.89. The topological polar surface area (TPSA) is 35.8 Å². The standard InChI is InChI=1S/C10H9FN2/c1-2-3-13-10-5-8(7-12)4-9(11)6-10/h2,4-6,13H,1,3H2. The van der Waals surface area contributed by atoms with Gasteiger partial charge >= 0.3 is 0 Å². The fourth-order valence-electron chi connectivity index (χ4n) is 0.946. The molecule has 1 aromatic carbocycles. The number of hydrogen-bond donors (Lipinski definition) is 1. The maximum atomic E-state index is 12.8. The first kappa shape index (κ1) is 9.27. The zero-order valence-electron chi connectivity index (χ0n) is 7.05. The molecule has 2 nitrogen and oxygen atoms in total. The van der Waals surface area contributed by atoms with E-state index in [1.165, 1.54) is 12.1 Å². The quantitative estimate of drug-likeness (QED) is 0.717. The maximum absolute atomic E-state index is 12.8. The molecule has 0 aliphatic heterocycles. The van der Waals surface area contributed by atoms with Crippen molar-refractivity contribution in [1.82, 2.24) is 0 Å². The lowest BCUT2D eigenvalue weighted by atomic mass is 10.2. The van der Waals surface area contributed by atoms with Crippen molar-refractivity contribution < 1.29 is 4.39 Å². The molecule has 0 fully saturated rings. The van der Waals surface area contributed by atoms with Gasteiger partial charge in [-0.3, -0.25) is 0 Å². The number of benzene rings is 1. The molecular weight excluding hydrogens is 167 g/mol. The molecule has 3 heteroatoms. The minimum Gasteiger partial charge on any atom is -0.381 e. The first-order chi connectivity index (χ1) is 6.26. The number of rotatable bonds is 3. The summed E-state index contributed by atoms with van der Waals surface area (Å²) in [6.45, 7) is 4.07. The van der Waals surface area contributed by atoms with Gasteiger partial charge in [0.05, 0.1) is 11.6 Å². The third kappa shape index (κ3) is 2.60. The monoisotopic (exact) mass is 176 g/mol. The summed E-state index contributed by atoms with van der Waals surface area (Å²) in [7, 11) is 0. The van der Waals surface area contributed by atoms with E-state index >= 15 is 0 Å². The molecule has 0 heterocycles. The van der Waals surface area contributed by atoms with Crippen molar-refractivity contribution in [2.75, 3.05) is 11.9 Å². The summed E-state index contributed by atoms with van der Waals surface area (Å²) in [5, 5.41) is 11.4. The molecule has 1 rings (SSSR count). The van der Waals surface area contributed by atoms with Crippen LogP contribution in [0.4, 0.5) is 10.1 Å². The van der Waals surface area contributed by atoms with Crippen molar-refractivity contribution in [3.05, 3.63) is 42.2 Å². The van der Waals surface area contributed by atoms with Gasteiger partial charge in [0.15, 0.2) is 0 Å². The molecular formula is C10H9FN2. The van der Waals surface area contributed by atoms with Crippen LogP contribution < -0.4 is 5.32 Å². The van der Waals surface area contributed by atoms with Gasteiger partial charge in [-0.15, -0.1) is 6.58 Å². The molecule has 1 aromatic rings. The molecule has 0 saturated heterocycles. The number of halogens is 1. The van der Waals surface area contributed by atoms with Crippen LogP contribution in [-0.2, 0) is 0 Å². The average Bonchev–Trinajstić information content (AvgIpc) is 2.14. The summed E-state index contributed by atoms with van der Waals surface area (Å²) in [4.78, 5) is 0. The Kier molecular flexibility index (Phi) is 3.04. The Morgan fingerprint density at radius 3 is 2.92 bits per heavy atom. The van der Waals surface area contributed by atoms with Crippen LogP contribution in [0, 0.1) is 17.1 Å². The second-order valence-corrected chi connectivity index (χ2v) is 2.51. The van der Waals surface area contributed by atoms with Gasteiger partial charge in [0, 0.05) is 12.2 Å². The van der Waals surface area contributed by atoms with Crippen molar-refractivity contribution in [2.24, 2.45) is 0 Å². The third-order valence-corrected chi connectivity index (χ3v) is 1.48. The van der Waals surface area contributed by atoms with Crippen molar-refractivity contribution in [2.45, 2.75) is 0 Å². The normalized spacial score (nSPS) is 8.92. The first-order valence-corrected chi connectivity index (χ1v) is 3.81. The molecule has 0 aliphatic rings. The van der Waals surface area contributed by atoms with Gasteiger partial charge in [-0.05, 0) is 18.2 Å². The van der Waals surface area contributed by atoms with Crippen LogP contribution >= 0.6 is 0 Å². The molecule has 0 atom stereocenters. The Labute approximate surface area is 76.3 Å². The van der Waals surface area contributed by atoms with E-state index in [9.17, 15) is 4.39 Å². The molecule has 0 radical (unpaired) electrons. The van der Waals surface area contributed by atoms with Crippen LogP contribution in [0.15, 0.2) is 30.9 Å². The van der Waals surface area contributed by atoms with Crippen molar-refractivity contribution in [1.29, 1.82) is 5.26 Å². The van der Waals surface area contributed by atoms with Crippen LogP contribution in [0.5, 0.6) is 0 Å². The highest BCUT2D eigenvalue weighted by molar-refractivity contribution is 5.49. The van der Waals surface area contributed by atoms with Gasteiger partial charge in [0.2, 0.25) is 0 Å². The van der Waals surface area contributed by atoms with Gasteiger partial charge in [0.1, 0.15) is 5.82 Å². The molecule has 66 valence electrons. The highest BCUT2D eigenvalue weighted by Crippen LogP contribution is 2.12. The fourth-order valence-corrected chi connectivity index (χ4v) is 0.946. The number of nitriles is 1. The SMILES string of the molecule is C=CCNc1cc(F)cc(C#N)c1. The summed E-state index contributed by atoms with van der Waals surface area (Å²) in [6.07, 6.45) is 1.66. The Morgan fingerprint density at radius 1 is 1.54 bits per heavy atom. The van der Waals surface area contributed by atoms with Gasteiger partial charge in [0.25, 0.3) is 0 Å². The molecule has 0 aliphatic carbocycles. The largest absolute Gasteiger partial charge is 0.381 e. The Morgan fingerprint density at radius 2 is 2.31 bits per heavy atom. The lowest BCUT2D eigenvalue weighted by Gasteiger charge is -2.03. The lowest BCUT2D eigenvalue weighted by Crippen LogP contribution is -1.98. The Hall–Kier alpha value is -1.82. The zero-order valence-corrected chi connectivity index (χ0v) is 7.05. The second kappa shape index (κ2) is 4.27. The zero-order chi connectivity index (χ0) is 9.68. The van der Waals surface area contributed by atoms with Crippen molar-refractivity contribution in [3.8, 4) is 6.07 Å². The third-order valence-electron chi connectivity index (χ3n) is 1.48. The predicted molar refractivity (Wildman–Crippen MR) is 49.8 cm³/mol. The molecule has 0 bridgehead atoms. The molecule has 0 aromatic heterocycles. The summed E-state index contributed by atoms with van der Waals surface area (Å²) in [5.41, 5.74) is 0.906. The highest BCUT2D eigenvalue weighted by atomic mass is 19.1. The van der Waals surface area contributed by atoms with Gasteiger partial charge < -0.3 is 5.32 Å². The second-order valence-electron chi connectivity index (χ2n) is 2.51. The number of anilines is 1. The Bertz CT molecular complexity index is 352. The molecule has 0 spiro atoms. The van der Waals surface area contributed by atoms with Gasteiger partial charge in [-0.2, -0.15) is 5.26 Å². The van der Waals surface area contributed by atoms with Crippen LogP contribution in [0.3, 0.4) is 0 Å². The molecule has 0 unspecified atom stereocenters. The van der Waals surface area contributed by atoms with Crippen LogP contribution in [0.2, 0.25) is 0 Å². The minimum atomic E-state index is -0.411. The lowest BCUT2D eigenvalue weighted by molar-refractivity contribution is 0.628. The first-order valence-electron chi connectivity index (χ1n) is 3.81. The number of hydrogen-bond acceptors (Lipinski definition) is 2. The van der Waals surface area contributed by atoms with E-state index in [0.717, 1.165) is 0 Å². The molecule has 0 saturated carbocycles. The van der Waals surface area contributed by atoms with Crippen LogP contribution in [0.25, 0.3) is 0 Å². The van der Waals surface area contributed by atoms with E-state index in [1.54, 1.807) is 12.1 Å². The van der Waals surface area contributed by atoms with E-state index in [-0.39, 0.29) is 0 Å². The minimum absolute atomic E-state index is 0.312. The van der Waals surface area contributed by atoms with Crippen molar-refractivity contribution >= 4 is 5.69 Å². The van der Waals surface area contributed by atoms with E-state index in [1.807, 2.05) is 6.07 Å². The summed E-state index contributed by atoms with van der Waals surface area (Å²) in [5.74, 6) is -0.411. The smallest absolute Gasteiger partial charge is 0.126 e. The molecule has 0 amide bonds. The summed E-state index contributed by atoms with van der Waals surface area (Å²) < 4.78 is 12.8. The predicted octanol–water partition coefficient (Wildman–Crippen LogP) is 2.30. The highest BCUT2D eigenvalue weighted by Gasteiger charge is 1.98.